The number of carboxylic acids is 1. The van der Waals surface area contributed by atoms with Crippen LogP contribution < -0.4 is 5.32 Å². The van der Waals surface area contributed by atoms with Gasteiger partial charge >= 0.3 is 12.0 Å². The third-order valence-corrected chi connectivity index (χ3v) is 4.73. The van der Waals surface area contributed by atoms with Crippen LogP contribution in [0, 0.1) is 5.41 Å². The van der Waals surface area contributed by atoms with Gasteiger partial charge in [-0.2, -0.15) is 11.8 Å². The summed E-state index contributed by atoms with van der Waals surface area (Å²) in [6.07, 6.45) is -0.0543. The molecule has 2 N–H and O–H groups in total. The van der Waals surface area contributed by atoms with Crippen molar-refractivity contribution < 1.29 is 14.7 Å². The number of carboxylic acid groups (broad SMARTS) is 1. The van der Waals surface area contributed by atoms with E-state index < -0.39 is 5.97 Å². The van der Waals surface area contributed by atoms with E-state index in [1.165, 1.54) is 0 Å². The summed E-state index contributed by atoms with van der Waals surface area (Å²) >= 11 is 1.86. The topological polar surface area (TPSA) is 69.6 Å². The molecule has 0 aliphatic carbocycles. The highest BCUT2D eigenvalue weighted by Gasteiger charge is 2.33. The molecule has 0 aromatic heterocycles. The maximum absolute atomic E-state index is 12.3. The molecule has 5 nitrogen and oxygen atoms in total. The fourth-order valence-corrected chi connectivity index (χ4v) is 3.29. The van der Waals surface area contributed by atoms with Gasteiger partial charge in [-0.3, -0.25) is 4.79 Å². The van der Waals surface area contributed by atoms with Crippen LogP contribution in [0.15, 0.2) is 0 Å². The van der Waals surface area contributed by atoms with Gasteiger partial charge in [0.15, 0.2) is 0 Å². The Morgan fingerprint density at radius 2 is 2.00 bits per heavy atom. The van der Waals surface area contributed by atoms with Gasteiger partial charge in [-0.05, 0) is 19.3 Å². The Morgan fingerprint density at radius 3 is 2.45 bits per heavy atom. The zero-order chi connectivity index (χ0) is 15.6. The first kappa shape index (κ1) is 17.1. The second-order valence-corrected chi connectivity index (χ2v) is 8.80. The summed E-state index contributed by atoms with van der Waals surface area (Å²) in [5.41, 5.74) is -0.284. The number of aliphatic carboxylic acids is 1. The van der Waals surface area contributed by atoms with Gasteiger partial charge in [0.25, 0.3) is 0 Å². The summed E-state index contributed by atoms with van der Waals surface area (Å²) in [6, 6.07) is -0.523. The van der Waals surface area contributed by atoms with Crippen molar-refractivity contribution in [3.8, 4) is 0 Å². The molecule has 2 amide bonds. The van der Waals surface area contributed by atoms with E-state index in [1.807, 2.05) is 32.5 Å². The molecule has 1 aliphatic rings. The Morgan fingerprint density at radius 1 is 1.40 bits per heavy atom. The summed E-state index contributed by atoms with van der Waals surface area (Å²) in [4.78, 5) is 25.1. The van der Waals surface area contributed by atoms with E-state index in [9.17, 15) is 9.59 Å². The lowest BCUT2D eigenvalue weighted by molar-refractivity contribution is -0.138. The Hall–Kier alpha value is -0.910. The number of amides is 2. The average Bonchev–Trinajstić information content (AvgIpc) is 2.24. The maximum atomic E-state index is 12.3. The molecule has 1 aliphatic heterocycles. The number of nitrogens with one attached hydrogen (secondary N) is 1. The van der Waals surface area contributed by atoms with Crippen molar-refractivity contribution in [2.75, 3.05) is 18.8 Å². The lowest BCUT2D eigenvalue weighted by Crippen LogP contribution is -2.54. The minimum Gasteiger partial charge on any atom is -0.481 e. The van der Waals surface area contributed by atoms with Crippen molar-refractivity contribution in [3.63, 3.8) is 0 Å². The quantitative estimate of drug-likeness (QED) is 0.840. The number of rotatable bonds is 3. The highest BCUT2D eigenvalue weighted by atomic mass is 32.2. The zero-order valence-electron chi connectivity index (χ0n) is 13.0. The fourth-order valence-electron chi connectivity index (χ4n) is 2.18. The van der Waals surface area contributed by atoms with Gasteiger partial charge in [-0.1, -0.05) is 20.8 Å². The SMILES string of the molecule is CC1(C)CN(C(=O)NC(CC(=O)O)C(C)(C)C)CCS1. The highest BCUT2D eigenvalue weighted by Crippen LogP contribution is 2.30. The molecule has 20 heavy (non-hydrogen) atoms. The van der Waals surface area contributed by atoms with Gasteiger partial charge in [-0.15, -0.1) is 0 Å². The van der Waals surface area contributed by atoms with E-state index in [0.29, 0.717) is 13.1 Å². The van der Waals surface area contributed by atoms with Crippen molar-refractivity contribution in [2.24, 2.45) is 5.41 Å². The zero-order valence-corrected chi connectivity index (χ0v) is 13.8. The molecule has 1 atom stereocenters. The summed E-state index contributed by atoms with van der Waals surface area (Å²) in [7, 11) is 0. The Balaban J connectivity index is 2.68. The molecule has 6 heteroatoms. The Bertz CT molecular complexity index is 377. The molecule has 1 heterocycles. The second-order valence-electron chi connectivity index (χ2n) is 7.00. The van der Waals surface area contributed by atoms with Crippen LogP contribution in [0.4, 0.5) is 4.79 Å². The standard InChI is InChI=1S/C14H26N2O3S/c1-13(2,3)10(8-11(17)18)15-12(19)16-6-7-20-14(4,5)9-16/h10H,6-9H2,1-5H3,(H,15,19)(H,17,18). The van der Waals surface area contributed by atoms with Crippen LogP contribution in [0.1, 0.15) is 41.0 Å². The van der Waals surface area contributed by atoms with Crippen LogP contribution in [0.25, 0.3) is 0 Å². The predicted octanol–water partition coefficient (Wildman–Crippen LogP) is 2.41. The molecule has 0 bridgehead atoms. The van der Waals surface area contributed by atoms with Gasteiger partial charge in [0.05, 0.1) is 6.42 Å². The molecule has 1 saturated heterocycles. The molecule has 0 spiro atoms. The minimum atomic E-state index is -0.889. The summed E-state index contributed by atoms with van der Waals surface area (Å²) in [5.74, 6) is 0.0271. The molecule has 116 valence electrons. The molecule has 1 fully saturated rings. The van der Waals surface area contributed by atoms with Crippen molar-refractivity contribution in [1.29, 1.82) is 0 Å². The lowest BCUT2D eigenvalue weighted by atomic mass is 9.85. The van der Waals surface area contributed by atoms with Crippen LogP contribution in [-0.2, 0) is 4.79 Å². The molecule has 1 rings (SSSR count). The van der Waals surface area contributed by atoms with Crippen molar-refractivity contribution >= 4 is 23.8 Å². The van der Waals surface area contributed by atoms with Crippen LogP contribution in [0.2, 0.25) is 0 Å². The molecule has 1 unspecified atom stereocenters. The van der Waals surface area contributed by atoms with E-state index in [4.69, 9.17) is 5.11 Å². The van der Waals surface area contributed by atoms with Crippen LogP contribution in [-0.4, -0.2) is 51.6 Å². The molecular weight excluding hydrogens is 276 g/mol. The van der Waals surface area contributed by atoms with Crippen molar-refractivity contribution in [2.45, 2.75) is 51.8 Å². The van der Waals surface area contributed by atoms with Crippen LogP contribution in [0.3, 0.4) is 0 Å². The second kappa shape index (κ2) is 6.24. The molecule has 0 aromatic carbocycles. The Labute approximate surface area is 125 Å². The number of hydrogen-bond acceptors (Lipinski definition) is 3. The number of thioether (sulfide) groups is 1. The molecular formula is C14H26N2O3S. The third-order valence-electron chi connectivity index (χ3n) is 3.43. The first-order valence-electron chi connectivity index (χ1n) is 6.92. The fraction of sp³-hybridized carbons (Fsp3) is 0.857. The van der Waals surface area contributed by atoms with E-state index in [2.05, 4.69) is 19.2 Å². The van der Waals surface area contributed by atoms with Crippen LogP contribution in [0.5, 0.6) is 0 Å². The van der Waals surface area contributed by atoms with E-state index >= 15 is 0 Å². The third kappa shape index (κ3) is 5.23. The van der Waals surface area contributed by atoms with Crippen molar-refractivity contribution in [3.05, 3.63) is 0 Å². The summed E-state index contributed by atoms with van der Waals surface area (Å²) in [5, 5.41) is 11.9. The highest BCUT2D eigenvalue weighted by molar-refractivity contribution is 8.00. The van der Waals surface area contributed by atoms with Crippen LogP contribution >= 0.6 is 11.8 Å². The first-order chi connectivity index (χ1) is 9.01. The number of nitrogens with zero attached hydrogens (tertiary/aromatic N) is 1. The normalized spacial score (nSPS) is 20.4. The minimum absolute atomic E-state index is 0.0543. The van der Waals surface area contributed by atoms with Gasteiger partial charge < -0.3 is 15.3 Å². The largest absolute Gasteiger partial charge is 0.481 e. The van der Waals surface area contributed by atoms with Gasteiger partial charge in [0.2, 0.25) is 0 Å². The first-order valence-corrected chi connectivity index (χ1v) is 7.91. The molecule has 0 aromatic rings. The number of hydrogen-bond donors (Lipinski definition) is 2. The molecule has 0 saturated carbocycles. The lowest BCUT2D eigenvalue weighted by Gasteiger charge is -2.39. The summed E-state index contributed by atoms with van der Waals surface area (Å²) in [6.45, 7) is 11.5. The predicted molar refractivity (Wildman–Crippen MR) is 82.1 cm³/mol. The maximum Gasteiger partial charge on any atom is 0.317 e. The number of carbonyl (C=O) groups excluding carboxylic acids is 1. The average molecular weight is 302 g/mol. The molecule has 0 radical (unpaired) electrons. The number of carbonyl (C=O) groups is 2. The van der Waals surface area contributed by atoms with E-state index in [0.717, 1.165) is 5.75 Å². The van der Waals surface area contributed by atoms with Gasteiger partial charge in [0.1, 0.15) is 0 Å². The smallest absolute Gasteiger partial charge is 0.317 e. The van der Waals surface area contributed by atoms with Gasteiger partial charge in [-0.25, -0.2) is 4.79 Å². The van der Waals surface area contributed by atoms with E-state index in [1.54, 1.807) is 4.90 Å². The summed E-state index contributed by atoms with van der Waals surface area (Å²) < 4.78 is 0.0552. The van der Waals surface area contributed by atoms with Gasteiger partial charge in [0, 0.05) is 29.6 Å². The van der Waals surface area contributed by atoms with Crippen molar-refractivity contribution in [1.82, 2.24) is 10.2 Å². The monoisotopic (exact) mass is 302 g/mol. The Kier molecular flexibility index (Phi) is 5.35. The number of urea groups is 1. The van der Waals surface area contributed by atoms with E-state index in [-0.39, 0.29) is 28.7 Å².